The van der Waals surface area contributed by atoms with E-state index in [2.05, 4.69) is 51.1 Å². The lowest BCUT2D eigenvalue weighted by Gasteiger charge is -2.37. The first-order valence-electron chi connectivity index (χ1n) is 7.87. The van der Waals surface area contributed by atoms with Crippen molar-refractivity contribution in [3.05, 3.63) is 30.2 Å². The van der Waals surface area contributed by atoms with Crippen LogP contribution in [0.4, 0.5) is 10.9 Å². The van der Waals surface area contributed by atoms with Crippen molar-refractivity contribution in [1.29, 1.82) is 0 Å². The lowest BCUT2D eigenvalue weighted by Crippen LogP contribution is -2.43. The fraction of sp³-hybridized carbons (Fsp3) is 0.562. The Bertz CT molecular complexity index is 590. The summed E-state index contributed by atoms with van der Waals surface area (Å²) >= 11 is 1.53. The van der Waals surface area contributed by atoms with Gasteiger partial charge in [-0.2, -0.15) is 4.37 Å². The van der Waals surface area contributed by atoms with E-state index in [0.717, 1.165) is 42.7 Å². The van der Waals surface area contributed by atoms with E-state index in [1.807, 2.05) is 18.3 Å². The minimum atomic E-state index is 0.401. The van der Waals surface area contributed by atoms with Gasteiger partial charge in [-0.05, 0) is 25.0 Å². The van der Waals surface area contributed by atoms with Crippen molar-refractivity contribution < 1.29 is 0 Å². The quantitative estimate of drug-likeness (QED) is 0.867. The van der Waals surface area contributed by atoms with Crippen LogP contribution < -0.4 is 9.80 Å². The molecule has 1 saturated heterocycles. The van der Waals surface area contributed by atoms with Crippen LogP contribution in [0.25, 0.3) is 0 Å². The van der Waals surface area contributed by atoms with Crippen LogP contribution >= 0.6 is 11.5 Å². The summed E-state index contributed by atoms with van der Waals surface area (Å²) in [6.07, 6.45) is 4.11. The summed E-state index contributed by atoms with van der Waals surface area (Å²) in [5, 5.41) is 1.07. The number of rotatable bonds is 4. The van der Waals surface area contributed by atoms with Crippen molar-refractivity contribution >= 4 is 22.5 Å². The van der Waals surface area contributed by atoms with Crippen molar-refractivity contribution in [2.75, 3.05) is 29.9 Å². The SMILES string of the molecule is CC(C)c1nsc(N2CCC(N(C)c3ccccn3)CC2)n1. The zero-order valence-corrected chi connectivity index (χ0v) is 14.3. The summed E-state index contributed by atoms with van der Waals surface area (Å²) in [6, 6.07) is 6.62. The molecule has 1 aliphatic heterocycles. The number of hydrogen-bond donors (Lipinski definition) is 0. The van der Waals surface area contributed by atoms with E-state index in [-0.39, 0.29) is 0 Å². The second-order valence-electron chi connectivity index (χ2n) is 6.11. The Labute approximate surface area is 136 Å². The van der Waals surface area contributed by atoms with Crippen LogP contribution in [0.5, 0.6) is 0 Å². The smallest absolute Gasteiger partial charge is 0.205 e. The summed E-state index contributed by atoms with van der Waals surface area (Å²) in [4.78, 5) is 13.8. The van der Waals surface area contributed by atoms with Gasteiger partial charge in [-0.1, -0.05) is 19.9 Å². The molecule has 5 nitrogen and oxygen atoms in total. The average molecular weight is 317 g/mol. The Morgan fingerprint density at radius 1 is 1.27 bits per heavy atom. The largest absolute Gasteiger partial charge is 0.357 e. The Hall–Kier alpha value is -1.69. The molecule has 22 heavy (non-hydrogen) atoms. The van der Waals surface area contributed by atoms with Crippen LogP contribution in [0.2, 0.25) is 0 Å². The number of piperidine rings is 1. The van der Waals surface area contributed by atoms with Crippen LogP contribution in [-0.2, 0) is 0 Å². The molecule has 3 rings (SSSR count). The van der Waals surface area contributed by atoms with Gasteiger partial charge in [0.2, 0.25) is 5.13 Å². The number of hydrogen-bond acceptors (Lipinski definition) is 6. The lowest BCUT2D eigenvalue weighted by molar-refractivity contribution is 0.479. The summed E-state index contributed by atoms with van der Waals surface area (Å²) < 4.78 is 4.46. The lowest BCUT2D eigenvalue weighted by atomic mass is 10.0. The molecule has 0 bridgehead atoms. The summed E-state index contributed by atoms with van der Waals surface area (Å²) in [7, 11) is 2.14. The topological polar surface area (TPSA) is 45.2 Å². The Kier molecular flexibility index (Phi) is 4.57. The zero-order chi connectivity index (χ0) is 15.5. The molecular weight excluding hydrogens is 294 g/mol. The van der Waals surface area contributed by atoms with Gasteiger partial charge in [0.25, 0.3) is 0 Å². The molecule has 1 fully saturated rings. The van der Waals surface area contributed by atoms with Gasteiger partial charge in [0, 0.05) is 49.8 Å². The molecule has 2 aromatic rings. The summed E-state index contributed by atoms with van der Waals surface area (Å²) in [5.41, 5.74) is 0. The number of nitrogens with zero attached hydrogens (tertiary/aromatic N) is 5. The maximum atomic E-state index is 4.67. The van der Waals surface area contributed by atoms with E-state index in [1.165, 1.54) is 11.5 Å². The normalized spacial score (nSPS) is 16.3. The fourth-order valence-electron chi connectivity index (χ4n) is 2.78. The highest BCUT2D eigenvalue weighted by Gasteiger charge is 2.25. The molecule has 6 heteroatoms. The fourth-order valence-corrected chi connectivity index (χ4v) is 3.64. The minimum Gasteiger partial charge on any atom is -0.357 e. The predicted octanol–water partition coefficient (Wildman–Crippen LogP) is 3.16. The molecule has 0 spiro atoms. The average Bonchev–Trinajstić information content (AvgIpc) is 3.05. The van der Waals surface area contributed by atoms with Gasteiger partial charge in [0.05, 0.1) is 0 Å². The van der Waals surface area contributed by atoms with Crippen LogP contribution in [-0.4, -0.2) is 40.5 Å². The van der Waals surface area contributed by atoms with Gasteiger partial charge >= 0.3 is 0 Å². The van der Waals surface area contributed by atoms with Crippen LogP contribution in [0.3, 0.4) is 0 Å². The summed E-state index contributed by atoms with van der Waals surface area (Å²) in [5.74, 6) is 2.42. The summed E-state index contributed by atoms with van der Waals surface area (Å²) in [6.45, 7) is 6.35. The van der Waals surface area contributed by atoms with E-state index in [0.29, 0.717) is 12.0 Å². The van der Waals surface area contributed by atoms with Crippen LogP contribution in [0.15, 0.2) is 24.4 Å². The third-order valence-corrected chi connectivity index (χ3v) is 5.03. The first-order valence-corrected chi connectivity index (χ1v) is 8.65. The van der Waals surface area contributed by atoms with Crippen molar-refractivity contribution in [2.45, 2.75) is 38.6 Å². The molecule has 0 atom stereocenters. The second-order valence-corrected chi connectivity index (χ2v) is 6.84. The molecule has 0 N–H and O–H groups in total. The highest BCUT2D eigenvalue weighted by atomic mass is 32.1. The van der Waals surface area contributed by atoms with E-state index in [9.17, 15) is 0 Å². The Morgan fingerprint density at radius 2 is 2.05 bits per heavy atom. The molecular formula is C16H23N5S. The third kappa shape index (κ3) is 3.21. The molecule has 0 radical (unpaired) electrons. The Morgan fingerprint density at radius 3 is 2.64 bits per heavy atom. The second kappa shape index (κ2) is 6.60. The molecule has 1 aliphatic rings. The number of aromatic nitrogens is 3. The molecule has 2 aromatic heterocycles. The Balaban J connectivity index is 1.60. The minimum absolute atomic E-state index is 0.401. The molecule has 3 heterocycles. The van der Waals surface area contributed by atoms with Gasteiger partial charge in [0.1, 0.15) is 11.6 Å². The van der Waals surface area contributed by atoms with Gasteiger partial charge in [-0.15, -0.1) is 0 Å². The molecule has 0 aromatic carbocycles. The maximum Gasteiger partial charge on any atom is 0.205 e. The van der Waals surface area contributed by atoms with Gasteiger partial charge in [-0.3, -0.25) is 0 Å². The number of anilines is 2. The first-order chi connectivity index (χ1) is 10.6. The maximum absolute atomic E-state index is 4.67. The standard InChI is InChI=1S/C16H23N5S/c1-12(2)15-18-16(22-19-15)21-10-7-13(8-11-21)20(3)14-6-4-5-9-17-14/h4-6,9,12-13H,7-8,10-11H2,1-3H3. The molecule has 0 amide bonds. The molecule has 0 aliphatic carbocycles. The van der Waals surface area contributed by atoms with Gasteiger partial charge < -0.3 is 9.80 Å². The molecule has 0 saturated carbocycles. The van der Waals surface area contributed by atoms with Crippen LogP contribution in [0, 0.1) is 0 Å². The monoisotopic (exact) mass is 317 g/mol. The van der Waals surface area contributed by atoms with E-state index >= 15 is 0 Å². The molecule has 0 unspecified atom stereocenters. The van der Waals surface area contributed by atoms with E-state index in [1.54, 1.807) is 0 Å². The molecule has 118 valence electrons. The third-order valence-electron chi connectivity index (χ3n) is 4.24. The van der Waals surface area contributed by atoms with E-state index < -0.39 is 0 Å². The van der Waals surface area contributed by atoms with Crippen molar-refractivity contribution in [3.63, 3.8) is 0 Å². The van der Waals surface area contributed by atoms with Crippen molar-refractivity contribution in [3.8, 4) is 0 Å². The first kappa shape index (κ1) is 15.2. The van der Waals surface area contributed by atoms with Crippen LogP contribution in [0.1, 0.15) is 38.4 Å². The van der Waals surface area contributed by atoms with Crippen molar-refractivity contribution in [2.24, 2.45) is 0 Å². The van der Waals surface area contributed by atoms with Gasteiger partial charge in [-0.25, -0.2) is 9.97 Å². The zero-order valence-electron chi connectivity index (χ0n) is 13.4. The highest BCUT2D eigenvalue weighted by Crippen LogP contribution is 2.26. The van der Waals surface area contributed by atoms with Gasteiger partial charge in [0.15, 0.2) is 0 Å². The number of pyridine rings is 1. The predicted molar refractivity (Wildman–Crippen MR) is 91.9 cm³/mol. The van der Waals surface area contributed by atoms with Crippen molar-refractivity contribution in [1.82, 2.24) is 14.3 Å². The highest BCUT2D eigenvalue weighted by molar-refractivity contribution is 7.09. The van der Waals surface area contributed by atoms with E-state index in [4.69, 9.17) is 0 Å².